The van der Waals surface area contributed by atoms with Crippen molar-refractivity contribution in [2.24, 2.45) is 0 Å². The number of benzene rings is 1. The van der Waals surface area contributed by atoms with Crippen LogP contribution in [0, 0.1) is 0 Å². The first-order chi connectivity index (χ1) is 10.9. The molecular formula is C14H16Cl2N4O2S. The average Bonchev–Trinajstić information content (AvgIpc) is 3.04. The molecular weight excluding hydrogens is 359 g/mol. The first kappa shape index (κ1) is 16.7. The molecule has 9 heteroatoms. The van der Waals surface area contributed by atoms with Gasteiger partial charge >= 0.3 is 0 Å². The number of aromatic amines is 1. The van der Waals surface area contributed by atoms with Crippen molar-refractivity contribution in [3.8, 4) is 0 Å². The van der Waals surface area contributed by atoms with Gasteiger partial charge in [0.25, 0.3) is 0 Å². The predicted octanol–water partition coefficient (Wildman–Crippen LogP) is 2.39. The Balaban J connectivity index is 1.89. The summed E-state index contributed by atoms with van der Waals surface area (Å²) in [5.74, 6) is 0.751. The summed E-state index contributed by atoms with van der Waals surface area (Å²) in [7, 11) is -1.67. The fourth-order valence-corrected chi connectivity index (χ4v) is 4.44. The number of aromatic nitrogens is 2. The number of H-pyrrole nitrogens is 1. The molecule has 1 N–H and O–H groups in total. The highest BCUT2D eigenvalue weighted by Gasteiger charge is 2.34. The van der Waals surface area contributed by atoms with Gasteiger partial charge in [0.05, 0.1) is 21.0 Å². The van der Waals surface area contributed by atoms with Crippen LogP contribution in [0.15, 0.2) is 35.5 Å². The molecule has 1 aliphatic heterocycles. The molecule has 0 spiro atoms. The number of hydrogen-bond acceptors (Lipinski definition) is 4. The summed E-state index contributed by atoms with van der Waals surface area (Å²) in [6.07, 6.45) is 3.39. The Labute approximate surface area is 145 Å². The molecule has 6 nitrogen and oxygen atoms in total. The van der Waals surface area contributed by atoms with Gasteiger partial charge in [-0.25, -0.2) is 13.4 Å². The van der Waals surface area contributed by atoms with Crippen LogP contribution < -0.4 is 0 Å². The lowest BCUT2D eigenvalue weighted by Crippen LogP contribution is -2.49. The maximum Gasteiger partial charge on any atom is 0.243 e. The summed E-state index contributed by atoms with van der Waals surface area (Å²) in [5.41, 5.74) is 0. The van der Waals surface area contributed by atoms with E-state index in [9.17, 15) is 8.42 Å². The number of hydrogen-bond donors (Lipinski definition) is 1. The van der Waals surface area contributed by atoms with E-state index in [2.05, 4.69) is 14.9 Å². The molecule has 1 fully saturated rings. The summed E-state index contributed by atoms with van der Waals surface area (Å²) in [6, 6.07) is 4.25. The average molecular weight is 375 g/mol. The first-order valence-electron chi connectivity index (χ1n) is 7.04. The van der Waals surface area contributed by atoms with Crippen LogP contribution in [0.5, 0.6) is 0 Å². The van der Waals surface area contributed by atoms with Crippen molar-refractivity contribution >= 4 is 33.2 Å². The molecule has 0 bridgehead atoms. The van der Waals surface area contributed by atoms with Gasteiger partial charge < -0.3 is 4.98 Å². The third kappa shape index (κ3) is 3.25. The normalized spacial score (nSPS) is 20.7. The van der Waals surface area contributed by atoms with E-state index in [4.69, 9.17) is 23.2 Å². The molecule has 3 rings (SSSR count). The Morgan fingerprint density at radius 2 is 2.04 bits per heavy atom. The van der Waals surface area contributed by atoms with Gasteiger partial charge in [0.1, 0.15) is 5.82 Å². The third-order valence-corrected chi connectivity index (χ3v) is 6.57. The van der Waals surface area contributed by atoms with Crippen LogP contribution in [0.1, 0.15) is 11.9 Å². The van der Waals surface area contributed by atoms with Gasteiger partial charge in [-0.2, -0.15) is 4.31 Å². The second-order valence-electron chi connectivity index (χ2n) is 5.41. The van der Waals surface area contributed by atoms with Crippen LogP contribution in [0.3, 0.4) is 0 Å². The number of rotatable bonds is 3. The van der Waals surface area contributed by atoms with Crippen molar-refractivity contribution in [3.05, 3.63) is 46.5 Å². The Morgan fingerprint density at radius 3 is 2.70 bits per heavy atom. The molecule has 0 radical (unpaired) electrons. The highest BCUT2D eigenvalue weighted by molar-refractivity contribution is 7.89. The summed E-state index contributed by atoms with van der Waals surface area (Å²) >= 11 is 11.8. The molecule has 0 unspecified atom stereocenters. The van der Waals surface area contributed by atoms with E-state index in [0.717, 1.165) is 5.82 Å². The lowest BCUT2D eigenvalue weighted by Gasteiger charge is -2.37. The second-order valence-corrected chi connectivity index (χ2v) is 8.16. The third-order valence-electron chi connectivity index (χ3n) is 3.97. The van der Waals surface area contributed by atoms with E-state index in [1.165, 1.54) is 22.5 Å². The van der Waals surface area contributed by atoms with Crippen molar-refractivity contribution in [1.29, 1.82) is 0 Å². The molecule has 23 heavy (non-hydrogen) atoms. The Bertz CT molecular complexity index is 795. The molecule has 2 aromatic rings. The molecule has 1 saturated heterocycles. The molecule has 1 aromatic carbocycles. The van der Waals surface area contributed by atoms with Gasteiger partial charge in [0.2, 0.25) is 10.0 Å². The molecule has 0 saturated carbocycles. The monoisotopic (exact) mass is 374 g/mol. The van der Waals surface area contributed by atoms with Gasteiger partial charge in [-0.1, -0.05) is 23.2 Å². The predicted molar refractivity (Wildman–Crippen MR) is 89.2 cm³/mol. The Kier molecular flexibility index (Phi) is 4.66. The summed E-state index contributed by atoms with van der Waals surface area (Å²) in [6.45, 7) is 1.36. The molecule has 1 atom stereocenters. The van der Waals surface area contributed by atoms with Gasteiger partial charge in [0.15, 0.2) is 0 Å². The van der Waals surface area contributed by atoms with Crippen LogP contribution in [0.2, 0.25) is 10.0 Å². The highest BCUT2D eigenvalue weighted by Crippen LogP contribution is 2.29. The zero-order chi connectivity index (χ0) is 16.6. The van der Waals surface area contributed by atoms with E-state index < -0.39 is 10.0 Å². The SMILES string of the molecule is CN1CCN(S(=O)(=O)c2ccc(Cl)c(Cl)c2)C[C@H]1c1ncc[nH]1. The van der Waals surface area contributed by atoms with Crippen molar-refractivity contribution in [2.75, 3.05) is 26.7 Å². The van der Waals surface area contributed by atoms with E-state index in [-0.39, 0.29) is 16.0 Å². The summed E-state index contributed by atoms with van der Waals surface area (Å²) in [4.78, 5) is 9.53. The Morgan fingerprint density at radius 1 is 1.26 bits per heavy atom. The van der Waals surface area contributed by atoms with Crippen LogP contribution >= 0.6 is 23.2 Å². The lowest BCUT2D eigenvalue weighted by molar-refractivity contribution is 0.142. The minimum absolute atomic E-state index is 0.115. The van der Waals surface area contributed by atoms with Crippen molar-refractivity contribution in [3.63, 3.8) is 0 Å². The number of likely N-dealkylation sites (N-methyl/N-ethyl adjacent to an activating group) is 1. The number of piperazine rings is 1. The fourth-order valence-electron chi connectivity index (χ4n) is 2.61. The largest absolute Gasteiger partial charge is 0.347 e. The minimum Gasteiger partial charge on any atom is -0.347 e. The Hall–Kier alpha value is -1.12. The molecule has 2 heterocycles. The van der Waals surface area contributed by atoms with Crippen LogP contribution in [0.25, 0.3) is 0 Å². The summed E-state index contributed by atoms with van der Waals surface area (Å²) in [5, 5.41) is 0.557. The molecule has 1 aromatic heterocycles. The smallest absolute Gasteiger partial charge is 0.243 e. The van der Waals surface area contributed by atoms with Gasteiger partial charge in [-0.3, -0.25) is 4.90 Å². The quantitative estimate of drug-likeness (QED) is 0.895. The number of halogens is 2. The molecule has 124 valence electrons. The van der Waals surface area contributed by atoms with Crippen molar-refractivity contribution in [1.82, 2.24) is 19.2 Å². The topological polar surface area (TPSA) is 69.3 Å². The highest BCUT2D eigenvalue weighted by atomic mass is 35.5. The second kappa shape index (κ2) is 6.41. The number of sulfonamides is 1. The maximum absolute atomic E-state index is 12.8. The van der Waals surface area contributed by atoms with Crippen LogP contribution in [-0.2, 0) is 10.0 Å². The van der Waals surface area contributed by atoms with Gasteiger partial charge in [-0.05, 0) is 25.2 Å². The van der Waals surface area contributed by atoms with Crippen molar-refractivity contribution in [2.45, 2.75) is 10.9 Å². The lowest BCUT2D eigenvalue weighted by atomic mass is 10.2. The van der Waals surface area contributed by atoms with Gasteiger partial charge in [-0.15, -0.1) is 0 Å². The molecule has 1 aliphatic rings. The zero-order valence-corrected chi connectivity index (χ0v) is 14.7. The number of nitrogens with one attached hydrogen (secondary N) is 1. The molecule has 0 aliphatic carbocycles. The van der Waals surface area contributed by atoms with Crippen LogP contribution in [-0.4, -0.2) is 54.3 Å². The van der Waals surface area contributed by atoms with Crippen molar-refractivity contribution < 1.29 is 8.42 Å². The zero-order valence-electron chi connectivity index (χ0n) is 12.4. The minimum atomic E-state index is -3.63. The van der Waals surface area contributed by atoms with Gasteiger partial charge in [0, 0.05) is 32.0 Å². The summed E-state index contributed by atoms with van der Waals surface area (Å²) < 4.78 is 27.2. The molecule has 0 amide bonds. The van der Waals surface area contributed by atoms with E-state index in [1.807, 2.05) is 7.05 Å². The number of nitrogens with zero attached hydrogens (tertiary/aromatic N) is 3. The number of imidazole rings is 1. The maximum atomic E-state index is 12.8. The fraction of sp³-hybridized carbons (Fsp3) is 0.357. The first-order valence-corrected chi connectivity index (χ1v) is 9.24. The van der Waals surface area contributed by atoms with E-state index >= 15 is 0 Å². The standard InChI is InChI=1S/C14H16Cl2N4O2S/c1-19-6-7-20(9-13(19)14-17-4-5-18-14)23(21,22)10-2-3-11(15)12(16)8-10/h2-5,8,13H,6-7,9H2,1H3,(H,17,18)/t13-/m0/s1. The van der Waals surface area contributed by atoms with E-state index in [0.29, 0.717) is 24.7 Å². The van der Waals surface area contributed by atoms with E-state index in [1.54, 1.807) is 12.4 Å². The van der Waals surface area contributed by atoms with Crippen LogP contribution in [0.4, 0.5) is 0 Å².